The number of hydrogen-bond donors (Lipinski definition) is 0. The molecule has 0 aliphatic heterocycles. The van der Waals surface area contributed by atoms with E-state index >= 15 is 0 Å². The van der Waals surface area contributed by atoms with Crippen molar-refractivity contribution in [2.75, 3.05) is 0 Å². The first-order valence-corrected chi connectivity index (χ1v) is 7.54. The van der Waals surface area contributed by atoms with Crippen LogP contribution in [0.25, 0.3) is 0 Å². The summed E-state index contributed by atoms with van der Waals surface area (Å²) in [5, 5.41) is 3.66. The molecule has 1 aromatic heterocycles. The van der Waals surface area contributed by atoms with Gasteiger partial charge in [0.2, 0.25) is 0 Å². The van der Waals surface area contributed by atoms with Crippen molar-refractivity contribution in [3.05, 3.63) is 16.1 Å². The Balaban J connectivity index is 1.97. The number of hydrogen-bond acceptors (Lipinski definition) is 2. The number of nitrogens with zero attached hydrogens (tertiary/aromatic N) is 1. The standard InChI is InChI=1S/C14H23NS/c1-4-11-5-7-12(8-6-11)14-15-13(9-16-14)10(2)3/h9-12H,4-8H2,1-3H3. The van der Waals surface area contributed by atoms with Gasteiger partial charge in [-0.1, -0.05) is 27.2 Å². The molecule has 0 unspecified atom stereocenters. The highest BCUT2D eigenvalue weighted by molar-refractivity contribution is 7.09. The van der Waals surface area contributed by atoms with Gasteiger partial charge in [-0.15, -0.1) is 11.3 Å². The minimum Gasteiger partial charge on any atom is -0.246 e. The maximum absolute atomic E-state index is 4.80. The van der Waals surface area contributed by atoms with Gasteiger partial charge in [-0.25, -0.2) is 4.98 Å². The van der Waals surface area contributed by atoms with Gasteiger partial charge in [0.25, 0.3) is 0 Å². The van der Waals surface area contributed by atoms with Crippen LogP contribution in [0.1, 0.15) is 75.4 Å². The zero-order valence-corrected chi connectivity index (χ0v) is 11.5. The number of thiazole rings is 1. The van der Waals surface area contributed by atoms with Crippen LogP contribution in [0.3, 0.4) is 0 Å². The highest BCUT2D eigenvalue weighted by Crippen LogP contribution is 2.38. The Hall–Kier alpha value is -0.370. The van der Waals surface area contributed by atoms with Crippen molar-refractivity contribution >= 4 is 11.3 Å². The highest BCUT2D eigenvalue weighted by Gasteiger charge is 2.23. The van der Waals surface area contributed by atoms with E-state index in [-0.39, 0.29) is 0 Å². The van der Waals surface area contributed by atoms with Crippen molar-refractivity contribution in [3.63, 3.8) is 0 Å². The Labute approximate surface area is 103 Å². The molecule has 0 saturated heterocycles. The van der Waals surface area contributed by atoms with E-state index in [1.807, 2.05) is 11.3 Å². The van der Waals surface area contributed by atoms with Crippen molar-refractivity contribution in [1.29, 1.82) is 0 Å². The van der Waals surface area contributed by atoms with E-state index in [1.165, 1.54) is 42.8 Å². The van der Waals surface area contributed by atoms with Gasteiger partial charge >= 0.3 is 0 Å². The molecule has 0 bridgehead atoms. The van der Waals surface area contributed by atoms with Crippen molar-refractivity contribution in [3.8, 4) is 0 Å². The van der Waals surface area contributed by atoms with Crippen LogP contribution in [0.5, 0.6) is 0 Å². The maximum Gasteiger partial charge on any atom is 0.0959 e. The summed E-state index contributed by atoms with van der Waals surface area (Å²) in [6, 6.07) is 0. The molecule has 0 amide bonds. The Kier molecular flexibility index (Phi) is 4.01. The van der Waals surface area contributed by atoms with Crippen LogP contribution in [-0.4, -0.2) is 4.98 Å². The van der Waals surface area contributed by atoms with E-state index in [9.17, 15) is 0 Å². The summed E-state index contributed by atoms with van der Waals surface area (Å²) >= 11 is 1.88. The van der Waals surface area contributed by atoms with Crippen molar-refractivity contribution in [2.45, 2.75) is 64.7 Å². The quantitative estimate of drug-likeness (QED) is 0.725. The fraction of sp³-hybridized carbons (Fsp3) is 0.786. The van der Waals surface area contributed by atoms with Crippen LogP contribution in [0.15, 0.2) is 5.38 Å². The van der Waals surface area contributed by atoms with Gasteiger partial charge in [-0.3, -0.25) is 0 Å². The van der Waals surface area contributed by atoms with Crippen LogP contribution in [0, 0.1) is 5.92 Å². The molecule has 0 N–H and O–H groups in total. The minimum absolute atomic E-state index is 0.581. The summed E-state index contributed by atoms with van der Waals surface area (Å²) in [4.78, 5) is 4.80. The molecule has 90 valence electrons. The molecule has 0 atom stereocenters. The van der Waals surface area contributed by atoms with Gasteiger partial charge in [-0.05, 0) is 37.5 Å². The summed E-state index contributed by atoms with van der Waals surface area (Å²) < 4.78 is 0. The third kappa shape index (κ3) is 2.65. The summed E-state index contributed by atoms with van der Waals surface area (Å²) in [6.45, 7) is 6.78. The van der Waals surface area contributed by atoms with Crippen LogP contribution < -0.4 is 0 Å². The third-order valence-electron chi connectivity index (χ3n) is 3.90. The van der Waals surface area contributed by atoms with E-state index in [0.717, 1.165) is 11.8 Å². The number of rotatable bonds is 3. The van der Waals surface area contributed by atoms with E-state index in [1.54, 1.807) is 0 Å². The van der Waals surface area contributed by atoms with E-state index < -0.39 is 0 Å². The van der Waals surface area contributed by atoms with Gasteiger partial charge in [0.15, 0.2) is 0 Å². The Morgan fingerprint density at radius 1 is 1.31 bits per heavy atom. The van der Waals surface area contributed by atoms with Crippen molar-refractivity contribution in [1.82, 2.24) is 4.98 Å². The van der Waals surface area contributed by atoms with Gasteiger partial charge in [0.1, 0.15) is 0 Å². The van der Waals surface area contributed by atoms with E-state index in [0.29, 0.717) is 5.92 Å². The molecule has 1 fully saturated rings. The van der Waals surface area contributed by atoms with Crippen LogP contribution >= 0.6 is 11.3 Å². The second kappa shape index (κ2) is 5.31. The average Bonchev–Trinajstić information content (AvgIpc) is 2.78. The molecule has 0 aromatic carbocycles. The van der Waals surface area contributed by atoms with E-state index in [2.05, 4.69) is 26.2 Å². The SMILES string of the molecule is CCC1CCC(c2nc(C(C)C)cs2)CC1. The molecule has 1 heterocycles. The molecule has 16 heavy (non-hydrogen) atoms. The predicted octanol–water partition coefficient (Wildman–Crippen LogP) is 4.95. The smallest absolute Gasteiger partial charge is 0.0959 e. The topological polar surface area (TPSA) is 12.9 Å². The monoisotopic (exact) mass is 237 g/mol. The lowest BCUT2D eigenvalue weighted by molar-refractivity contribution is 0.318. The summed E-state index contributed by atoms with van der Waals surface area (Å²) in [5.74, 6) is 2.33. The largest absolute Gasteiger partial charge is 0.246 e. The van der Waals surface area contributed by atoms with Gasteiger partial charge in [-0.2, -0.15) is 0 Å². The molecule has 1 nitrogen and oxygen atoms in total. The molecule has 2 rings (SSSR count). The molecule has 0 spiro atoms. The first-order valence-electron chi connectivity index (χ1n) is 6.66. The first-order chi connectivity index (χ1) is 7.70. The normalized spacial score (nSPS) is 26.2. The molecule has 1 aliphatic carbocycles. The lowest BCUT2D eigenvalue weighted by atomic mass is 9.81. The Bertz CT molecular complexity index is 321. The lowest BCUT2D eigenvalue weighted by Crippen LogP contribution is -2.12. The second-order valence-corrected chi connectivity index (χ2v) is 6.28. The number of aromatic nitrogens is 1. The molecular formula is C14H23NS. The zero-order valence-electron chi connectivity index (χ0n) is 10.7. The third-order valence-corrected chi connectivity index (χ3v) is 4.93. The average molecular weight is 237 g/mol. The minimum atomic E-state index is 0.581. The van der Waals surface area contributed by atoms with Gasteiger partial charge in [0.05, 0.1) is 10.7 Å². The Morgan fingerprint density at radius 3 is 2.50 bits per heavy atom. The lowest BCUT2D eigenvalue weighted by Gasteiger charge is -2.26. The molecule has 0 radical (unpaired) electrons. The second-order valence-electron chi connectivity index (χ2n) is 5.39. The fourth-order valence-electron chi connectivity index (χ4n) is 2.57. The predicted molar refractivity (Wildman–Crippen MR) is 71.2 cm³/mol. The van der Waals surface area contributed by atoms with Gasteiger partial charge in [0, 0.05) is 11.3 Å². The van der Waals surface area contributed by atoms with Gasteiger partial charge < -0.3 is 0 Å². The maximum atomic E-state index is 4.80. The molecule has 1 saturated carbocycles. The first kappa shape index (κ1) is 12.1. The fourth-order valence-corrected chi connectivity index (χ4v) is 3.72. The van der Waals surface area contributed by atoms with Crippen LogP contribution in [0.4, 0.5) is 0 Å². The summed E-state index contributed by atoms with van der Waals surface area (Å²) in [6.07, 6.45) is 6.92. The Morgan fingerprint density at radius 2 is 2.00 bits per heavy atom. The molecular weight excluding hydrogens is 214 g/mol. The van der Waals surface area contributed by atoms with Crippen LogP contribution in [0.2, 0.25) is 0 Å². The van der Waals surface area contributed by atoms with Crippen molar-refractivity contribution < 1.29 is 0 Å². The molecule has 1 aliphatic rings. The summed E-state index contributed by atoms with van der Waals surface area (Å²) in [7, 11) is 0. The summed E-state index contributed by atoms with van der Waals surface area (Å²) in [5.41, 5.74) is 1.29. The highest BCUT2D eigenvalue weighted by atomic mass is 32.1. The van der Waals surface area contributed by atoms with Crippen molar-refractivity contribution in [2.24, 2.45) is 5.92 Å². The molecule has 1 aromatic rings. The zero-order chi connectivity index (χ0) is 11.5. The van der Waals surface area contributed by atoms with Crippen LogP contribution in [-0.2, 0) is 0 Å². The van der Waals surface area contributed by atoms with E-state index in [4.69, 9.17) is 4.98 Å². The molecule has 2 heteroatoms.